The van der Waals surface area contributed by atoms with E-state index in [1.165, 1.54) is 28.9 Å². The highest BCUT2D eigenvalue weighted by Crippen LogP contribution is 2.53. The molecule has 2 unspecified atom stereocenters. The molecule has 0 radical (unpaired) electrons. The number of nitrogens with one attached hydrogen (secondary N) is 1. The number of halogens is 5. The van der Waals surface area contributed by atoms with E-state index < -0.39 is 46.7 Å². The van der Waals surface area contributed by atoms with E-state index in [0.717, 1.165) is 31.7 Å². The van der Waals surface area contributed by atoms with Crippen LogP contribution in [0.1, 0.15) is 101 Å². The monoisotopic (exact) mass is 624 g/mol. The highest BCUT2D eigenvalue weighted by molar-refractivity contribution is 5.94. The van der Waals surface area contributed by atoms with Gasteiger partial charge >= 0.3 is 12.1 Å². The quantitative estimate of drug-likeness (QED) is 0.252. The number of nitrogens with zero attached hydrogens (tertiary/aromatic N) is 3. The van der Waals surface area contributed by atoms with Gasteiger partial charge in [0.25, 0.3) is 11.8 Å². The van der Waals surface area contributed by atoms with Crippen LogP contribution in [-0.4, -0.2) is 62.8 Å². The predicted octanol–water partition coefficient (Wildman–Crippen LogP) is 7.02. The zero-order chi connectivity index (χ0) is 32.1. The molecule has 3 fully saturated rings. The lowest BCUT2D eigenvalue weighted by atomic mass is 9.99. The molecule has 1 aliphatic heterocycles. The minimum Gasteiger partial charge on any atom is -0.460 e. The molecule has 12 heteroatoms. The van der Waals surface area contributed by atoms with Gasteiger partial charge in [-0.15, -0.1) is 0 Å². The van der Waals surface area contributed by atoms with Crippen LogP contribution in [0, 0.1) is 5.92 Å². The van der Waals surface area contributed by atoms with E-state index in [0.29, 0.717) is 19.4 Å². The van der Waals surface area contributed by atoms with E-state index in [1.807, 2.05) is 6.92 Å². The van der Waals surface area contributed by atoms with Gasteiger partial charge in [0.05, 0.1) is 30.3 Å². The average Bonchev–Trinajstić information content (AvgIpc) is 3.25. The first-order chi connectivity index (χ1) is 20.5. The van der Waals surface area contributed by atoms with Crippen molar-refractivity contribution in [3.8, 4) is 11.3 Å². The molecule has 1 amide bonds. The molecule has 2 heterocycles. The smallest absolute Gasteiger partial charge is 0.417 e. The SMILES string of the molecule is CC(C)(C)OC(=O)C[C@@H](NC(=O)c1cc(-c2ccccc2C(F)(F)F)n(C2CCCC2)n1)C1CC1(C)N1CCCC(F)(F)C1. The van der Waals surface area contributed by atoms with Crippen LogP contribution < -0.4 is 5.32 Å². The number of benzene rings is 1. The number of rotatable bonds is 8. The number of alkyl halides is 5. The Morgan fingerprint density at radius 3 is 2.43 bits per heavy atom. The van der Waals surface area contributed by atoms with Crippen LogP contribution in [0.2, 0.25) is 0 Å². The van der Waals surface area contributed by atoms with Crippen molar-refractivity contribution >= 4 is 11.9 Å². The molecule has 2 aromatic rings. The summed E-state index contributed by atoms with van der Waals surface area (Å²) in [6.45, 7) is 7.15. The van der Waals surface area contributed by atoms with Gasteiger partial charge in [0.15, 0.2) is 5.69 Å². The number of hydrogen-bond acceptors (Lipinski definition) is 5. The number of likely N-dealkylation sites (tertiary alicyclic amines) is 1. The van der Waals surface area contributed by atoms with Crippen molar-refractivity contribution in [2.45, 2.75) is 114 Å². The molecule has 0 spiro atoms. The van der Waals surface area contributed by atoms with Gasteiger partial charge in [-0.3, -0.25) is 19.2 Å². The van der Waals surface area contributed by atoms with Gasteiger partial charge < -0.3 is 10.1 Å². The molecule has 1 saturated heterocycles. The van der Waals surface area contributed by atoms with Gasteiger partial charge in [0, 0.05) is 23.6 Å². The van der Waals surface area contributed by atoms with Crippen molar-refractivity contribution < 1.29 is 36.3 Å². The maximum Gasteiger partial charge on any atom is 0.417 e. The van der Waals surface area contributed by atoms with Crippen LogP contribution >= 0.6 is 0 Å². The van der Waals surface area contributed by atoms with Gasteiger partial charge in [0.2, 0.25) is 0 Å². The number of ether oxygens (including phenoxy) is 1. The molecule has 0 bridgehead atoms. The summed E-state index contributed by atoms with van der Waals surface area (Å²) in [5.41, 5.74) is -2.17. The molecule has 5 rings (SSSR count). The lowest BCUT2D eigenvalue weighted by molar-refractivity contribution is -0.155. The highest BCUT2D eigenvalue weighted by Gasteiger charge is 2.60. The largest absolute Gasteiger partial charge is 0.460 e. The van der Waals surface area contributed by atoms with Crippen LogP contribution in [0.25, 0.3) is 11.3 Å². The first kappa shape index (κ1) is 32.4. The van der Waals surface area contributed by atoms with Crippen LogP contribution in [0.3, 0.4) is 0 Å². The summed E-state index contributed by atoms with van der Waals surface area (Å²) >= 11 is 0. The van der Waals surface area contributed by atoms with Crippen molar-refractivity contribution in [3.05, 3.63) is 41.6 Å². The zero-order valence-electron chi connectivity index (χ0n) is 25.6. The summed E-state index contributed by atoms with van der Waals surface area (Å²) in [7, 11) is 0. The first-order valence-electron chi connectivity index (χ1n) is 15.4. The van der Waals surface area contributed by atoms with E-state index >= 15 is 0 Å². The topological polar surface area (TPSA) is 76.5 Å². The second kappa shape index (κ2) is 11.7. The Kier molecular flexibility index (Phi) is 8.63. The lowest BCUT2D eigenvalue weighted by Crippen LogP contribution is -2.51. The van der Waals surface area contributed by atoms with E-state index in [9.17, 15) is 31.5 Å². The van der Waals surface area contributed by atoms with Gasteiger partial charge in [-0.2, -0.15) is 18.3 Å². The Hall–Kier alpha value is -3.02. The summed E-state index contributed by atoms with van der Waals surface area (Å²) in [6, 6.07) is 5.70. The Bertz CT molecular complexity index is 1380. The number of amides is 1. The van der Waals surface area contributed by atoms with Crippen LogP contribution in [-0.2, 0) is 15.7 Å². The number of hydrogen-bond donors (Lipinski definition) is 1. The lowest BCUT2D eigenvalue weighted by Gasteiger charge is -2.38. The summed E-state index contributed by atoms with van der Waals surface area (Å²) < 4.78 is 77.6. The van der Waals surface area contributed by atoms with Crippen molar-refractivity contribution in [3.63, 3.8) is 0 Å². The molecular formula is C32H41F5N4O3. The summed E-state index contributed by atoms with van der Waals surface area (Å²) in [5.74, 6) is -4.30. The van der Waals surface area contributed by atoms with Crippen LogP contribution in [0.4, 0.5) is 22.0 Å². The molecule has 1 N–H and O–H groups in total. The second-order valence-electron chi connectivity index (χ2n) is 13.8. The summed E-state index contributed by atoms with van der Waals surface area (Å²) in [4.78, 5) is 28.4. The number of piperidine rings is 1. The molecule has 44 heavy (non-hydrogen) atoms. The van der Waals surface area contributed by atoms with Crippen molar-refractivity contribution in [2.75, 3.05) is 13.1 Å². The van der Waals surface area contributed by atoms with Crippen molar-refractivity contribution in [1.82, 2.24) is 20.0 Å². The van der Waals surface area contributed by atoms with Gasteiger partial charge in [-0.25, -0.2) is 8.78 Å². The normalized spacial score (nSPS) is 25.1. The number of carbonyl (C=O) groups is 2. The van der Waals surface area contributed by atoms with E-state index in [1.54, 1.807) is 25.7 Å². The highest BCUT2D eigenvalue weighted by atomic mass is 19.4. The Morgan fingerprint density at radius 2 is 1.80 bits per heavy atom. The third-order valence-electron chi connectivity index (χ3n) is 9.14. The van der Waals surface area contributed by atoms with Crippen LogP contribution in [0.5, 0.6) is 0 Å². The molecule has 3 aliphatic rings. The third kappa shape index (κ3) is 7.10. The molecule has 3 atom stereocenters. The van der Waals surface area contributed by atoms with E-state index in [4.69, 9.17) is 4.74 Å². The molecule has 1 aromatic carbocycles. The van der Waals surface area contributed by atoms with E-state index in [-0.39, 0.29) is 48.3 Å². The standard InChI is InChI=1S/C32H41F5N4O3/c1-29(2,3)44-27(42)17-24(23-18-30(23,4)40-15-9-14-31(33,34)19-40)38-28(43)25-16-26(41(39-25)20-10-5-6-11-20)21-12-7-8-13-22(21)32(35,36)37/h7-8,12-13,16,20,23-24H,5-6,9-11,14-15,17-19H2,1-4H3,(H,38,43)/t23?,24-,30?/m1/s1. The van der Waals surface area contributed by atoms with Gasteiger partial charge in [-0.05, 0) is 78.0 Å². The molecule has 242 valence electrons. The Balaban J connectivity index is 1.44. The number of aromatic nitrogens is 2. The molecule has 7 nitrogen and oxygen atoms in total. The Morgan fingerprint density at radius 1 is 1.11 bits per heavy atom. The van der Waals surface area contributed by atoms with E-state index in [2.05, 4.69) is 10.4 Å². The maximum atomic E-state index is 14.3. The third-order valence-corrected chi connectivity index (χ3v) is 9.14. The minimum absolute atomic E-state index is 0.0649. The Labute approximate surface area is 254 Å². The average molecular weight is 625 g/mol. The molecule has 2 saturated carbocycles. The van der Waals surface area contributed by atoms with Crippen molar-refractivity contribution in [2.24, 2.45) is 5.92 Å². The van der Waals surface area contributed by atoms with Crippen molar-refractivity contribution in [1.29, 1.82) is 0 Å². The van der Waals surface area contributed by atoms with Gasteiger partial charge in [-0.1, -0.05) is 31.0 Å². The minimum atomic E-state index is -4.61. The van der Waals surface area contributed by atoms with Gasteiger partial charge in [0.1, 0.15) is 5.60 Å². The maximum absolute atomic E-state index is 14.3. The zero-order valence-corrected chi connectivity index (χ0v) is 25.6. The number of esters is 1. The second-order valence-corrected chi connectivity index (χ2v) is 13.8. The first-order valence-corrected chi connectivity index (χ1v) is 15.4. The fourth-order valence-corrected chi connectivity index (χ4v) is 6.91. The molecule has 2 aliphatic carbocycles. The van der Waals surface area contributed by atoms with Crippen LogP contribution in [0.15, 0.2) is 30.3 Å². The molecular weight excluding hydrogens is 583 g/mol. The predicted molar refractivity (Wildman–Crippen MR) is 154 cm³/mol. The number of carbonyl (C=O) groups excluding carboxylic acids is 2. The fraction of sp³-hybridized carbons (Fsp3) is 0.656. The summed E-state index contributed by atoms with van der Waals surface area (Å²) in [5, 5.41) is 7.42. The summed E-state index contributed by atoms with van der Waals surface area (Å²) in [6.07, 6.45) is -0.856. The molecule has 1 aromatic heterocycles. The fourth-order valence-electron chi connectivity index (χ4n) is 6.91.